The van der Waals surface area contributed by atoms with Gasteiger partial charge in [0, 0.05) is 43.2 Å². The topological polar surface area (TPSA) is 44.4 Å². The summed E-state index contributed by atoms with van der Waals surface area (Å²) in [5.74, 6) is 0.376. The van der Waals surface area contributed by atoms with Crippen molar-refractivity contribution in [1.29, 1.82) is 0 Å². The summed E-state index contributed by atoms with van der Waals surface area (Å²) in [7, 11) is -1.02. The summed E-state index contributed by atoms with van der Waals surface area (Å²) in [5, 5.41) is 3.52. The number of nitrogens with zero attached hydrogens (tertiary/aromatic N) is 1. The molecule has 2 N–H and O–H groups in total. The standard InChI is InChI=1S/C18H31N3OS/c1-13(2)18(20-23(22)14(3)4)16-12-15(5)6-7-17(16)21-10-8-19-9-11-21/h6-7,12-14,18-20H,8-11H2,1-5H3. The Balaban J connectivity index is 2.36. The summed E-state index contributed by atoms with van der Waals surface area (Å²) in [4.78, 5) is 2.45. The largest absolute Gasteiger partial charge is 0.369 e. The molecule has 5 heteroatoms. The van der Waals surface area contributed by atoms with Gasteiger partial charge in [0.05, 0.1) is 11.0 Å². The number of hydrogen-bond acceptors (Lipinski definition) is 3. The normalized spacial score (nSPS) is 18.5. The molecule has 0 aromatic heterocycles. The highest BCUT2D eigenvalue weighted by molar-refractivity contribution is 7.83. The predicted molar refractivity (Wildman–Crippen MR) is 100 cm³/mol. The lowest BCUT2D eigenvalue weighted by molar-refractivity contribution is 0.474. The summed E-state index contributed by atoms with van der Waals surface area (Å²) in [6.07, 6.45) is 0. The van der Waals surface area contributed by atoms with Crippen LogP contribution < -0.4 is 14.9 Å². The third-order valence-corrected chi connectivity index (χ3v) is 5.66. The summed E-state index contributed by atoms with van der Waals surface area (Å²) in [6.45, 7) is 14.6. The van der Waals surface area contributed by atoms with Gasteiger partial charge in [-0.3, -0.25) is 0 Å². The number of rotatable bonds is 6. The van der Waals surface area contributed by atoms with Crippen LogP contribution in [0.25, 0.3) is 0 Å². The molecule has 1 aromatic carbocycles. The van der Waals surface area contributed by atoms with Crippen LogP contribution in [0.15, 0.2) is 18.2 Å². The average molecular weight is 338 g/mol. The van der Waals surface area contributed by atoms with Gasteiger partial charge < -0.3 is 10.2 Å². The Kier molecular flexibility index (Phi) is 6.62. The van der Waals surface area contributed by atoms with E-state index < -0.39 is 11.0 Å². The molecule has 2 atom stereocenters. The molecule has 1 aliphatic rings. The second-order valence-electron chi connectivity index (χ2n) is 6.99. The fourth-order valence-corrected chi connectivity index (χ4v) is 3.86. The maximum absolute atomic E-state index is 12.4. The number of anilines is 1. The maximum Gasteiger partial charge on any atom is 0.0947 e. The molecule has 130 valence electrons. The molecule has 0 bridgehead atoms. The van der Waals surface area contributed by atoms with E-state index in [1.165, 1.54) is 16.8 Å². The molecule has 1 aromatic rings. The highest BCUT2D eigenvalue weighted by atomic mass is 32.2. The molecule has 23 heavy (non-hydrogen) atoms. The van der Waals surface area contributed by atoms with Crippen molar-refractivity contribution in [2.24, 2.45) is 5.92 Å². The van der Waals surface area contributed by atoms with Crippen LogP contribution in [0, 0.1) is 12.8 Å². The Morgan fingerprint density at radius 1 is 1.17 bits per heavy atom. The van der Waals surface area contributed by atoms with Crippen molar-refractivity contribution in [1.82, 2.24) is 10.0 Å². The zero-order chi connectivity index (χ0) is 17.0. The number of piperazine rings is 1. The Morgan fingerprint density at radius 3 is 2.39 bits per heavy atom. The lowest BCUT2D eigenvalue weighted by atomic mass is 9.93. The van der Waals surface area contributed by atoms with E-state index in [4.69, 9.17) is 0 Å². The third kappa shape index (κ3) is 4.78. The van der Waals surface area contributed by atoms with Crippen LogP contribution in [-0.4, -0.2) is 35.6 Å². The van der Waals surface area contributed by atoms with Crippen LogP contribution in [0.5, 0.6) is 0 Å². The average Bonchev–Trinajstić information content (AvgIpc) is 2.52. The molecule has 1 saturated heterocycles. The highest BCUT2D eigenvalue weighted by Gasteiger charge is 2.24. The highest BCUT2D eigenvalue weighted by Crippen LogP contribution is 2.32. The molecule has 0 radical (unpaired) electrons. The first-order valence-electron chi connectivity index (χ1n) is 8.63. The Labute approximate surface area is 143 Å². The molecule has 0 spiro atoms. The number of benzene rings is 1. The molecule has 2 rings (SSSR count). The van der Waals surface area contributed by atoms with Gasteiger partial charge >= 0.3 is 0 Å². The van der Waals surface area contributed by atoms with Gasteiger partial charge in [-0.2, -0.15) is 0 Å². The molecular weight excluding hydrogens is 306 g/mol. The second-order valence-corrected chi connectivity index (χ2v) is 8.76. The SMILES string of the molecule is Cc1ccc(N2CCNCC2)c(C(NS(=O)C(C)C)C(C)C)c1. The van der Waals surface area contributed by atoms with Gasteiger partial charge in [-0.15, -0.1) is 0 Å². The van der Waals surface area contributed by atoms with Crippen molar-refractivity contribution < 1.29 is 4.21 Å². The Bertz CT molecular complexity index is 539. The third-order valence-electron chi connectivity index (χ3n) is 4.31. The van der Waals surface area contributed by atoms with Crippen LogP contribution in [0.1, 0.15) is 44.9 Å². The lowest BCUT2D eigenvalue weighted by Crippen LogP contribution is -2.44. The lowest BCUT2D eigenvalue weighted by Gasteiger charge is -2.34. The molecular formula is C18H31N3OS. The van der Waals surface area contributed by atoms with Gasteiger partial charge in [-0.25, -0.2) is 8.93 Å². The molecule has 2 unspecified atom stereocenters. The van der Waals surface area contributed by atoms with Crippen LogP contribution in [0.3, 0.4) is 0 Å². The number of nitrogens with one attached hydrogen (secondary N) is 2. The number of hydrogen-bond donors (Lipinski definition) is 2. The first-order valence-corrected chi connectivity index (χ1v) is 9.84. The fourth-order valence-electron chi connectivity index (χ4n) is 2.94. The zero-order valence-corrected chi connectivity index (χ0v) is 15.9. The van der Waals surface area contributed by atoms with Gasteiger partial charge in [0.1, 0.15) is 0 Å². The minimum Gasteiger partial charge on any atom is -0.369 e. The smallest absolute Gasteiger partial charge is 0.0947 e. The van der Waals surface area contributed by atoms with Gasteiger partial charge in [0.2, 0.25) is 0 Å². The Hall–Kier alpha value is -0.910. The zero-order valence-electron chi connectivity index (χ0n) is 15.1. The summed E-state index contributed by atoms with van der Waals surface area (Å²) < 4.78 is 15.7. The predicted octanol–water partition coefficient (Wildman–Crippen LogP) is 2.76. The minimum atomic E-state index is -1.02. The van der Waals surface area contributed by atoms with E-state index >= 15 is 0 Å². The minimum absolute atomic E-state index is 0.100. The van der Waals surface area contributed by atoms with Crippen molar-refractivity contribution in [3.63, 3.8) is 0 Å². The first kappa shape index (κ1) is 18.4. The Morgan fingerprint density at radius 2 is 1.83 bits per heavy atom. The maximum atomic E-state index is 12.4. The quantitative estimate of drug-likeness (QED) is 0.839. The molecule has 1 heterocycles. The number of aryl methyl sites for hydroxylation is 1. The van der Waals surface area contributed by atoms with Gasteiger partial charge in [0.15, 0.2) is 0 Å². The summed E-state index contributed by atoms with van der Waals surface area (Å²) >= 11 is 0. The van der Waals surface area contributed by atoms with Gasteiger partial charge in [-0.05, 0) is 38.3 Å². The van der Waals surface area contributed by atoms with Crippen molar-refractivity contribution in [3.05, 3.63) is 29.3 Å². The van der Waals surface area contributed by atoms with E-state index in [1.54, 1.807) is 0 Å². The van der Waals surface area contributed by atoms with Gasteiger partial charge in [0.25, 0.3) is 0 Å². The van der Waals surface area contributed by atoms with E-state index in [-0.39, 0.29) is 11.3 Å². The van der Waals surface area contributed by atoms with Crippen molar-refractivity contribution in [2.75, 3.05) is 31.1 Å². The molecule has 1 fully saturated rings. The first-order chi connectivity index (χ1) is 10.9. The van der Waals surface area contributed by atoms with E-state index in [0.717, 1.165) is 26.2 Å². The van der Waals surface area contributed by atoms with Crippen LogP contribution in [0.4, 0.5) is 5.69 Å². The summed E-state index contributed by atoms with van der Waals surface area (Å²) in [5.41, 5.74) is 3.81. The van der Waals surface area contributed by atoms with Crippen molar-refractivity contribution >= 4 is 16.7 Å². The van der Waals surface area contributed by atoms with Crippen molar-refractivity contribution in [2.45, 2.75) is 45.9 Å². The van der Waals surface area contributed by atoms with E-state index in [9.17, 15) is 4.21 Å². The monoisotopic (exact) mass is 337 g/mol. The molecule has 0 aliphatic carbocycles. The molecule has 0 amide bonds. The molecule has 4 nitrogen and oxygen atoms in total. The van der Waals surface area contributed by atoms with Crippen LogP contribution >= 0.6 is 0 Å². The molecule has 0 saturated carbocycles. The van der Waals surface area contributed by atoms with E-state index in [1.807, 2.05) is 13.8 Å². The van der Waals surface area contributed by atoms with Crippen LogP contribution in [0.2, 0.25) is 0 Å². The fraction of sp³-hybridized carbons (Fsp3) is 0.667. The second kappa shape index (κ2) is 8.27. The van der Waals surface area contributed by atoms with Gasteiger partial charge in [-0.1, -0.05) is 31.5 Å². The molecule has 1 aliphatic heterocycles. The van der Waals surface area contributed by atoms with E-state index in [2.05, 4.69) is 53.9 Å². The van der Waals surface area contributed by atoms with Crippen LogP contribution in [-0.2, 0) is 11.0 Å². The van der Waals surface area contributed by atoms with Crippen molar-refractivity contribution in [3.8, 4) is 0 Å². The summed E-state index contributed by atoms with van der Waals surface area (Å²) in [6, 6.07) is 6.76. The van der Waals surface area contributed by atoms with E-state index in [0.29, 0.717) is 5.92 Å².